The van der Waals surface area contributed by atoms with Gasteiger partial charge in [-0.15, -0.1) is 0 Å². The Morgan fingerprint density at radius 1 is 1.13 bits per heavy atom. The minimum absolute atomic E-state index is 0.00582. The maximum absolute atomic E-state index is 13.8. The summed E-state index contributed by atoms with van der Waals surface area (Å²) in [6.07, 6.45) is 5.63. The van der Waals surface area contributed by atoms with E-state index in [1.807, 2.05) is 31.2 Å². The molecule has 0 bridgehead atoms. The maximum Gasteiger partial charge on any atom is 0.289 e. The Balaban J connectivity index is 1.24. The molecule has 6 rings (SSSR count). The summed E-state index contributed by atoms with van der Waals surface area (Å²) in [5.74, 6) is -2.81. The Hall–Kier alpha value is -3.69. The van der Waals surface area contributed by atoms with E-state index in [0.29, 0.717) is 31.6 Å². The summed E-state index contributed by atoms with van der Waals surface area (Å²) in [5.41, 5.74) is 2.37. The number of H-pyrrole nitrogens is 1. The number of nitrogens with one attached hydrogen (secondary N) is 4. The van der Waals surface area contributed by atoms with Crippen molar-refractivity contribution < 1.29 is 24.0 Å². The lowest BCUT2D eigenvalue weighted by atomic mass is 9.86. The lowest BCUT2D eigenvalue weighted by Gasteiger charge is -2.39. The summed E-state index contributed by atoms with van der Waals surface area (Å²) < 4.78 is 0. The first-order chi connectivity index (χ1) is 18.7. The predicted molar refractivity (Wildman–Crippen MR) is 143 cm³/mol. The number of hydrogen-bond donors (Lipinski definition) is 4. The Morgan fingerprint density at radius 2 is 1.92 bits per heavy atom. The molecule has 4 N–H and O–H groups in total. The molecule has 2 aliphatic carbocycles. The molecule has 4 aliphatic rings. The highest BCUT2D eigenvalue weighted by Crippen LogP contribution is 2.55. The average molecular weight is 534 g/mol. The second-order valence-corrected chi connectivity index (χ2v) is 11.9. The third kappa shape index (κ3) is 5.16. The number of ketones is 1. The summed E-state index contributed by atoms with van der Waals surface area (Å²) in [6.45, 7) is 2.93. The van der Waals surface area contributed by atoms with Crippen LogP contribution < -0.4 is 16.0 Å². The number of hydrogen-bond acceptors (Lipinski definition) is 5. The Labute approximate surface area is 226 Å². The minimum atomic E-state index is -1.13. The number of rotatable bonds is 8. The first-order valence-corrected chi connectivity index (χ1v) is 14.1. The molecule has 2 saturated heterocycles. The number of likely N-dealkylation sites (tertiary alicyclic amines) is 1. The van der Waals surface area contributed by atoms with E-state index < -0.39 is 35.6 Å². The van der Waals surface area contributed by atoms with Crippen molar-refractivity contribution in [2.24, 2.45) is 11.3 Å². The third-order valence-corrected chi connectivity index (χ3v) is 8.97. The Bertz CT molecular complexity index is 1360. The van der Waals surface area contributed by atoms with Gasteiger partial charge >= 0.3 is 0 Å². The number of amides is 4. The molecule has 4 amide bonds. The first kappa shape index (κ1) is 25.6. The van der Waals surface area contributed by atoms with Gasteiger partial charge in [0.2, 0.25) is 17.6 Å². The van der Waals surface area contributed by atoms with Crippen LogP contribution in [-0.2, 0) is 19.2 Å². The standard InChI is InChI=1S/C29H35N5O5/c1-16-3-2-4-20-19(16)14-22(32-20)28(39)34-12-10-29(8-9-29)15-23(34)26(37)33-21(13-17-7-11-30-25(17)36)24(35)27(38)31-18-5-6-18/h2-4,14,17-18,21,23,32H,5-13,15H2,1H3,(H,30,36)(H,31,38)(H,33,37)/t17-,21?,23-/m0/s1. The number of aromatic nitrogens is 1. The van der Waals surface area contributed by atoms with Crippen LogP contribution in [0.25, 0.3) is 10.9 Å². The zero-order valence-electron chi connectivity index (χ0n) is 22.2. The number of aromatic amines is 1. The smallest absolute Gasteiger partial charge is 0.289 e. The number of aryl methyl sites for hydroxylation is 1. The van der Waals surface area contributed by atoms with Gasteiger partial charge in [-0.05, 0) is 81.4 Å². The highest BCUT2D eigenvalue weighted by molar-refractivity contribution is 6.38. The van der Waals surface area contributed by atoms with Gasteiger partial charge in [0, 0.05) is 36.0 Å². The van der Waals surface area contributed by atoms with Crippen LogP contribution in [0.3, 0.4) is 0 Å². The fraction of sp³-hybridized carbons (Fsp3) is 0.552. The van der Waals surface area contributed by atoms with Crippen LogP contribution in [0.4, 0.5) is 0 Å². The summed E-state index contributed by atoms with van der Waals surface area (Å²) in [5, 5.41) is 9.23. The molecule has 1 unspecified atom stereocenters. The summed E-state index contributed by atoms with van der Waals surface area (Å²) in [6, 6.07) is 5.76. The van der Waals surface area contributed by atoms with Gasteiger partial charge in [-0.2, -0.15) is 0 Å². The van der Waals surface area contributed by atoms with Crippen molar-refractivity contribution in [2.75, 3.05) is 13.1 Å². The lowest BCUT2D eigenvalue weighted by molar-refractivity contribution is -0.141. The minimum Gasteiger partial charge on any atom is -0.356 e. The largest absolute Gasteiger partial charge is 0.356 e. The molecule has 39 heavy (non-hydrogen) atoms. The van der Waals surface area contributed by atoms with Gasteiger partial charge in [-0.1, -0.05) is 12.1 Å². The molecule has 2 aliphatic heterocycles. The fourth-order valence-electron chi connectivity index (χ4n) is 6.12. The van der Waals surface area contributed by atoms with Crippen molar-refractivity contribution in [3.8, 4) is 0 Å². The van der Waals surface area contributed by atoms with Crippen molar-refractivity contribution in [3.05, 3.63) is 35.5 Å². The second-order valence-electron chi connectivity index (χ2n) is 11.9. The van der Waals surface area contributed by atoms with E-state index in [1.165, 1.54) is 0 Å². The van der Waals surface area contributed by atoms with E-state index in [1.54, 1.807) is 4.90 Å². The van der Waals surface area contributed by atoms with E-state index in [9.17, 15) is 24.0 Å². The van der Waals surface area contributed by atoms with Crippen molar-refractivity contribution in [1.29, 1.82) is 0 Å². The van der Waals surface area contributed by atoms with E-state index in [2.05, 4.69) is 20.9 Å². The van der Waals surface area contributed by atoms with Crippen molar-refractivity contribution >= 4 is 40.3 Å². The van der Waals surface area contributed by atoms with E-state index in [0.717, 1.165) is 48.6 Å². The molecular weight excluding hydrogens is 498 g/mol. The molecule has 10 nitrogen and oxygen atoms in total. The number of carbonyl (C=O) groups is 5. The summed E-state index contributed by atoms with van der Waals surface area (Å²) >= 11 is 0. The van der Waals surface area contributed by atoms with E-state index in [4.69, 9.17) is 0 Å². The molecule has 3 heterocycles. The fourth-order valence-corrected chi connectivity index (χ4v) is 6.12. The molecular formula is C29H35N5O5. The predicted octanol–water partition coefficient (Wildman–Crippen LogP) is 1.72. The highest BCUT2D eigenvalue weighted by Gasteiger charge is 2.51. The molecule has 0 radical (unpaired) electrons. The van der Waals surface area contributed by atoms with Crippen LogP contribution in [-0.4, -0.2) is 70.5 Å². The van der Waals surface area contributed by atoms with Gasteiger partial charge in [0.1, 0.15) is 11.7 Å². The zero-order valence-corrected chi connectivity index (χ0v) is 22.2. The van der Waals surface area contributed by atoms with Crippen molar-refractivity contribution in [3.63, 3.8) is 0 Å². The summed E-state index contributed by atoms with van der Waals surface area (Å²) in [4.78, 5) is 70.5. The molecule has 2 saturated carbocycles. The van der Waals surface area contributed by atoms with E-state index in [-0.39, 0.29) is 29.7 Å². The number of benzene rings is 1. The van der Waals surface area contributed by atoms with Gasteiger partial charge < -0.3 is 25.8 Å². The number of Topliss-reactive ketones (excluding diaryl/α,β-unsaturated/α-hetero) is 1. The van der Waals surface area contributed by atoms with Gasteiger partial charge in [-0.25, -0.2) is 0 Å². The van der Waals surface area contributed by atoms with Gasteiger partial charge in [-0.3, -0.25) is 24.0 Å². The number of fused-ring (bicyclic) bond motifs is 1. The quantitative estimate of drug-likeness (QED) is 0.383. The van der Waals surface area contributed by atoms with Crippen molar-refractivity contribution in [2.45, 2.75) is 76.4 Å². The van der Waals surface area contributed by atoms with Crippen LogP contribution in [0.1, 0.15) is 67.4 Å². The van der Waals surface area contributed by atoms with Crippen molar-refractivity contribution in [1.82, 2.24) is 25.8 Å². The molecule has 2 aromatic rings. The molecule has 3 atom stereocenters. The molecule has 10 heteroatoms. The van der Waals surface area contributed by atoms with Crippen LogP contribution in [0, 0.1) is 18.3 Å². The third-order valence-electron chi connectivity index (χ3n) is 8.97. The van der Waals surface area contributed by atoms with Gasteiger partial charge in [0.25, 0.3) is 11.8 Å². The molecule has 4 fully saturated rings. The first-order valence-electron chi connectivity index (χ1n) is 14.1. The molecule has 1 aromatic carbocycles. The number of piperidine rings is 1. The van der Waals surface area contributed by atoms with Crippen LogP contribution in [0.15, 0.2) is 24.3 Å². The Kier molecular flexibility index (Phi) is 6.43. The van der Waals surface area contributed by atoms with Crippen LogP contribution >= 0.6 is 0 Å². The topological polar surface area (TPSA) is 140 Å². The molecule has 1 aromatic heterocycles. The normalized spacial score (nSPS) is 24.3. The monoisotopic (exact) mass is 533 g/mol. The molecule has 1 spiro atoms. The van der Waals surface area contributed by atoms with Gasteiger partial charge in [0.15, 0.2) is 0 Å². The zero-order chi connectivity index (χ0) is 27.3. The summed E-state index contributed by atoms with van der Waals surface area (Å²) in [7, 11) is 0. The second kappa shape index (κ2) is 9.81. The highest BCUT2D eigenvalue weighted by atomic mass is 16.2. The average Bonchev–Trinajstić information content (AvgIpc) is 3.80. The molecule has 206 valence electrons. The number of carbonyl (C=O) groups excluding carboxylic acids is 5. The van der Waals surface area contributed by atoms with Crippen LogP contribution in [0.5, 0.6) is 0 Å². The lowest BCUT2D eigenvalue weighted by Crippen LogP contribution is -2.58. The van der Waals surface area contributed by atoms with Gasteiger partial charge in [0.05, 0.1) is 6.04 Å². The van der Waals surface area contributed by atoms with E-state index >= 15 is 0 Å². The SMILES string of the molecule is Cc1cccc2[nH]c(C(=O)N3CCC4(CC4)C[C@H]3C(=O)NC(C[C@@H]3CCNC3=O)C(=O)C(=O)NC3CC3)cc12. The Morgan fingerprint density at radius 3 is 2.59 bits per heavy atom. The number of nitrogens with zero attached hydrogens (tertiary/aromatic N) is 1. The maximum atomic E-state index is 13.8. The van der Waals surface area contributed by atoms with Crippen LogP contribution in [0.2, 0.25) is 0 Å².